The molecule has 0 amide bonds. The lowest BCUT2D eigenvalue weighted by molar-refractivity contribution is 0.604. The third kappa shape index (κ3) is 3.54. The Hall–Kier alpha value is -0.150. The highest BCUT2D eigenvalue weighted by molar-refractivity contribution is 8.77. The van der Waals surface area contributed by atoms with E-state index in [9.17, 15) is 0 Å². The van der Waals surface area contributed by atoms with Crippen LogP contribution in [0.4, 0.5) is 0 Å². The highest BCUT2D eigenvalue weighted by atomic mass is 33.1. The number of hydrogen-bond acceptors (Lipinski definition) is 3. The van der Waals surface area contributed by atoms with Crippen molar-refractivity contribution in [1.82, 2.24) is 4.98 Å². The Morgan fingerprint density at radius 1 is 1.29 bits per heavy atom. The van der Waals surface area contributed by atoms with Gasteiger partial charge < -0.3 is 0 Å². The molecule has 78 valence electrons. The normalized spacial score (nSPS) is 11.6. The summed E-state index contributed by atoms with van der Waals surface area (Å²) < 4.78 is 0.377. The molecule has 0 saturated heterocycles. The summed E-state index contributed by atoms with van der Waals surface area (Å²) in [6.45, 7) is 6.80. The van der Waals surface area contributed by atoms with Crippen molar-refractivity contribution in [2.75, 3.05) is 0 Å². The zero-order chi connectivity index (χ0) is 10.4. The molecule has 1 aromatic heterocycles. The summed E-state index contributed by atoms with van der Waals surface area (Å²) in [6.07, 6.45) is 4.25. The standard InChI is InChI=1S/C11H17NS2/c1-4-11(3,5-2)14-13-10-8-6-7-9-12-10/h6-9H,4-5H2,1-3H3. The quantitative estimate of drug-likeness (QED) is 0.692. The number of hydrogen-bond donors (Lipinski definition) is 0. The minimum absolute atomic E-state index is 0.377. The Kier molecular flexibility index (Phi) is 4.82. The zero-order valence-electron chi connectivity index (χ0n) is 8.99. The minimum atomic E-state index is 0.377. The van der Waals surface area contributed by atoms with Crippen molar-refractivity contribution >= 4 is 21.6 Å². The fourth-order valence-corrected chi connectivity index (χ4v) is 3.53. The second-order valence-electron chi connectivity index (χ2n) is 3.49. The largest absolute Gasteiger partial charge is 0.249 e. The molecule has 3 heteroatoms. The average Bonchev–Trinajstić information content (AvgIpc) is 2.27. The Bertz CT molecular complexity index is 257. The third-order valence-corrected chi connectivity index (χ3v) is 5.91. The molecule has 1 rings (SSSR count). The molecule has 1 heterocycles. The maximum Gasteiger partial charge on any atom is 0.106 e. The average molecular weight is 227 g/mol. The first kappa shape index (κ1) is 11.9. The number of rotatable bonds is 5. The van der Waals surface area contributed by atoms with Crippen LogP contribution in [0.15, 0.2) is 29.4 Å². The smallest absolute Gasteiger partial charge is 0.106 e. The molecular formula is C11H17NS2. The van der Waals surface area contributed by atoms with Crippen molar-refractivity contribution in [2.24, 2.45) is 0 Å². The van der Waals surface area contributed by atoms with Gasteiger partial charge in [-0.25, -0.2) is 4.98 Å². The van der Waals surface area contributed by atoms with Crippen LogP contribution in [0.2, 0.25) is 0 Å². The van der Waals surface area contributed by atoms with Crippen LogP contribution in [0.1, 0.15) is 33.6 Å². The molecule has 0 unspecified atom stereocenters. The van der Waals surface area contributed by atoms with Gasteiger partial charge in [-0.1, -0.05) is 30.7 Å². The molecule has 1 nitrogen and oxygen atoms in total. The van der Waals surface area contributed by atoms with Crippen LogP contribution in [-0.2, 0) is 0 Å². The van der Waals surface area contributed by atoms with Crippen LogP contribution >= 0.6 is 21.6 Å². The predicted molar refractivity (Wildman–Crippen MR) is 66.7 cm³/mol. The number of aromatic nitrogens is 1. The molecule has 1 aromatic rings. The summed E-state index contributed by atoms with van der Waals surface area (Å²) in [4.78, 5) is 4.29. The first-order valence-corrected chi connectivity index (χ1v) is 7.12. The molecule has 0 saturated carbocycles. The molecule has 0 bridgehead atoms. The highest BCUT2D eigenvalue weighted by Crippen LogP contribution is 2.43. The van der Waals surface area contributed by atoms with Crippen molar-refractivity contribution in [1.29, 1.82) is 0 Å². The van der Waals surface area contributed by atoms with Crippen LogP contribution in [0.25, 0.3) is 0 Å². The van der Waals surface area contributed by atoms with Gasteiger partial charge in [-0.15, -0.1) is 0 Å². The minimum Gasteiger partial charge on any atom is -0.249 e. The Balaban J connectivity index is 2.48. The zero-order valence-corrected chi connectivity index (χ0v) is 10.6. The van der Waals surface area contributed by atoms with E-state index in [1.54, 1.807) is 10.8 Å². The predicted octanol–water partition coefficient (Wildman–Crippen LogP) is 4.40. The van der Waals surface area contributed by atoms with Gasteiger partial charge in [0, 0.05) is 10.9 Å². The van der Waals surface area contributed by atoms with E-state index in [1.165, 1.54) is 12.8 Å². The van der Waals surface area contributed by atoms with E-state index in [-0.39, 0.29) is 0 Å². The van der Waals surface area contributed by atoms with Crippen LogP contribution in [-0.4, -0.2) is 9.73 Å². The summed E-state index contributed by atoms with van der Waals surface area (Å²) in [7, 11) is 3.71. The SMILES string of the molecule is CCC(C)(CC)SSc1ccccn1. The lowest BCUT2D eigenvalue weighted by Crippen LogP contribution is -2.15. The van der Waals surface area contributed by atoms with Gasteiger partial charge in [-0.2, -0.15) is 0 Å². The fraction of sp³-hybridized carbons (Fsp3) is 0.545. The van der Waals surface area contributed by atoms with Crippen molar-refractivity contribution in [3.63, 3.8) is 0 Å². The van der Waals surface area contributed by atoms with Gasteiger partial charge in [-0.05, 0) is 42.7 Å². The van der Waals surface area contributed by atoms with Crippen molar-refractivity contribution < 1.29 is 0 Å². The molecule has 0 radical (unpaired) electrons. The Morgan fingerprint density at radius 3 is 2.50 bits per heavy atom. The molecule has 0 aliphatic heterocycles. The van der Waals surface area contributed by atoms with Gasteiger partial charge in [0.05, 0.1) is 0 Å². The van der Waals surface area contributed by atoms with E-state index in [2.05, 4.69) is 31.8 Å². The lowest BCUT2D eigenvalue weighted by atomic mass is 10.1. The summed E-state index contributed by atoms with van der Waals surface area (Å²) in [5.74, 6) is 0. The van der Waals surface area contributed by atoms with Crippen molar-refractivity contribution in [2.45, 2.75) is 43.4 Å². The van der Waals surface area contributed by atoms with E-state index in [1.807, 2.05) is 29.1 Å². The van der Waals surface area contributed by atoms with E-state index in [4.69, 9.17) is 0 Å². The van der Waals surface area contributed by atoms with E-state index in [0.29, 0.717) is 4.75 Å². The summed E-state index contributed by atoms with van der Waals surface area (Å²) in [6, 6.07) is 6.04. The molecule has 14 heavy (non-hydrogen) atoms. The molecular weight excluding hydrogens is 210 g/mol. The van der Waals surface area contributed by atoms with Crippen LogP contribution in [0.3, 0.4) is 0 Å². The number of pyridine rings is 1. The second kappa shape index (κ2) is 5.66. The lowest BCUT2D eigenvalue weighted by Gasteiger charge is -2.24. The molecule has 0 aromatic carbocycles. The third-order valence-electron chi connectivity index (χ3n) is 2.46. The van der Waals surface area contributed by atoms with Crippen LogP contribution < -0.4 is 0 Å². The van der Waals surface area contributed by atoms with Crippen molar-refractivity contribution in [3.05, 3.63) is 24.4 Å². The Morgan fingerprint density at radius 2 is 2.00 bits per heavy atom. The first-order chi connectivity index (χ1) is 6.70. The summed E-state index contributed by atoms with van der Waals surface area (Å²) in [5, 5.41) is 1.10. The van der Waals surface area contributed by atoms with Gasteiger partial charge in [-0.3, -0.25) is 0 Å². The van der Waals surface area contributed by atoms with E-state index < -0.39 is 0 Å². The van der Waals surface area contributed by atoms with Gasteiger partial charge in [0.25, 0.3) is 0 Å². The maximum absolute atomic E-state index is 4.29. The summed E-state index contributed by atoms with van der Waals surface area (Å²) >= 11 is 0. The molecule has 0 atom stereocenters. The van der Waals surface area contributed by atoms with Crippen LogP contribution in [0, 0.1) is 0 Å². The van der Waals surface area contributed by atoms with E-state index in [0.717, 1.165) is 5.03 Å². The number of nitrogens with zero attached hydrogens (tertiary/aromatic N) is 1. The molecule has 0 aliphatic carbocycles. The van der Waals surface area contributed by atoms with Crippen LogP contribution in [0.5, 0.6) is 0 Å². The summed E-state index contributed by atoms with van der Waals surface area (Å²) in [5.41, 5.74) is 0. The monoisotopic (exact) mass is 227 g/mol. The van der Waals surface area contributed by atoms with Gasteiger partial charge in [0.2, 0.25) is 0 Å². The van der Waals surface area contributed by atoms with Crippen molar-refractivity contribution in [3.8, 4) is 0 Å². The highest BCUT2D eigenvalue weighted by Gasteiger charge is 2.20. The topological polar surface area (TPSA) is 12.9 Å². The van der Waals surface area contributed by atoms with Gasteiger partial charge in [0.15, 0.2) is 0 Å². The Labute approximate surface area is 94.5 Å². The maximum atomic E-state index is 4.29. The molecule has 0 spiro atoms. The molecule has 0 aliphatic rings. The molecule has 0 N–H and O–H groups in total. The second-order valence-corrected chi connectivity index (χ2v) is 6.23. The van der Waals surface area contributed by atoms with E-state index >= 15 is 0 Å². The van der Waals surface area contributed by atoms with Gasteiger partial charge in [0.1, 0.15) is 5.03 Å². The first-order valence-electron chi connectivity index (χ1n) is 4.97. The molecule has 0 fully saturated rings. The fourth-order valence-electron chi connectivity index (χ4n) is 0.908. The van der Waals surface area contributed by atoms with Gasteiger partial charge >= 0.3 is 0 Å².